The van der Waals surface area contributed by atoms with E-state index in [-0.39, 0.29) is 17.9 Å². The van der Waals surface area contributed by atoms with Gasteiger partial charge in [0.25, 0.3) is 0 Å². The van der Waals surface area contributed by atoms with E-state index >= 15 is 0 Å². The fourth-order valence-electron chi connectivity index (χ4n) is 3.11. The van der Waals surface area contributed by atoms with E-state index in [1.165, 1.54) is 0 Å². The maximum atomic E-state index is 12.6. The molecule has 1 aromatic carbocycles. The Kier molecular flexibility index (Phi) is 6.23. The van der Waals surface area contributed by atoms with Crippen LogP contribution in [0.4, 0.5) is 10.5 Å². The SMILES string of the molecule is CCOC(=O)C1CCN(C(=O)Nc2c(C)cccc2C(C)C)CC1. The van der Waals surface area contributed by atoms with Crippen molar-refractivity contribution in [2.75, 3.05) is 25.0 Å². The number of amides is 2. The summed E-state index contributed by atoms with van der Waals surface area (Å²) in [6.07, 6.45) is 1.33. The minimum Gasteiger partial charge on any atom is -0.466 e. The zero-order valence-electron chi connectivity index (χ0n) is 15.1. The molecule has 132 valence electrons. The Balaban J connectivity index is 1.99. The van der Waals surface area contributed by atoms with E-state index < -0.39 is 0 Å². The highest BCUT2D eigenvalue weighted by Crippen LogP contribution is 2.28. The second-order valence-electron chi connectivity index (χ2n) is 6.64. The van der Waals surface area contributed by atoms with Gasteiger partial charge in [0.15, 0.2) is 0 Å². The van der Waals surface area contributed by atoms with E-state index in [2.05, 4.69) is 25.2 Å². The van der Waals surface area contributed by atoms with Crippen LogP contribution in [0.5, 0.6) is 0 Å². The van der Waals surface area contributed by atoms with Gasteiger partial charge in [-0.05, 0) is 43.7 Å². The van der Waals surface area contributed by atoms with E-state index in [1.807, 2.05) is 26.0 Å². The summed E-state index contributed by atoms with van der Waals surface area (Å²) in [5.74, 6) is 0.118. The number of nitrogens with one attached hydrogen (secondary N) is 1. The first-order valence-electron chi connectivity index (χ1n) is 8.76. The number of hydrogen-bond donors (Lipinski definition) is 1. The standard InChI is InChI=1S/C19H28N2O3/c1-5-24-18(22)15-9-11-21(12-10-15)19(23)20-17-14(4)7-6-8-16(17)13(2)3/h6-8,13,15H,5,9-12H2,1-4H3,(H,20,23). The molecule has 0 aromatic heterocycles. The molecular formula is C19H28N2O3. The molecule has 24 heavy (non-hydrogen) atoms. The van der Waals surface area contributed by atoms with Gasteiger partial charge in [-0.3, -0.25) is 4.79 Å². The predicted molar refractivity (Wildman–Crippen MR) is 95.2 cm³/mol. The van der Waals surface area contributed by atoms with E-state index in [0.29, 0.717) is 38.5 Å². The molecule has 1 N–H and O–H groups in total. The lowest BCUT2D eigenvalue weighted by atomic mass is 9.97. The minimum absolute atomic E-state index is 0.0845. The molecule has 1 aliphatic rings. The summed E-state index contributed by atoms with van der Waals surface area (Å²) in [4.78, 5) is 26.2. The molecule has 1 aliphatic heterocycles. The quantitative estimate of drug-likeness (QED) is 0.850. The highest BCUT2D eigenvalue weighted by molar-refractivity contribution is 5.91. The van der Waals surface area contributed by atoms with Crippen LogP contribution in [0.3, 0.4) is 0 Å². The van der Waals surface area contributed by atoms with Crippen LogP contribution in [0.2, 0.25) is 0 Å². The van der Waals surface area contributed by atoms with E-state index in [4.69, 9.17) is 4.74 Å². The van der Waals surface area contributed by atoms with Crippen LogP contribution < -0.4 is 5.32 Å². The number of rotatable bonds is 4. The van der Waals surface area contributed by atoms with E-state index in [0.717, 1.165) is 16.8 Å². The molecule has 1 aromatic rings. The van der Waals surface area contributed by atoms with Gasteiger partial charge >= 0.3 is 12.0 Å². The van der Waals surface area contributed by atoms with Crippen molar-refractivity contribution >= 4 is 17.7 Å². The van der Waals surface area contributed by atoms with Gasteiger partial charge in [0.05, 0.1) is 12.5 Å². The smallest absolute Gasteiger partial charge is 0.321 e. The van der Waals surface area contributed by atoms with Crippen molar-refractivity contribution in [3.05, 3.63) is 29.3 Å². The van der Waals surface area contributed by atoms with Gasteiger partial charge in [-0.2, -0.15) is 0 Å². The van der Waals surface area contributed by atoms with Crippen molar-refractivity contribution in [3.63, 3.8) is 0 Å². The van der Waals surface area contributed by atoms with Crippen LogP contribution in [-0.4, -0.2) is 36.6 Å². The minimum atomic E-state index is -0.140. The van der Waals surface area contributed by atoms with Gasteiger partial charge in [-0.15, -0.1) is 0 Å². The first-order chi connectivity index (χ1) is 11.4. The van der Waals surface area contributed by atoms with Gasteiger partial charge in [0.1, 0.15) is 0 Å². The van der Waals surface area contributed by atoms with Crippen molar-refractivity contribution in [1.82, 2.24) is 4.90 Å². The number of carbonyl (C=O) groups is 2. The van der Waals surface area contributed by atoms with Crippen LogP contribution in [0.1, 0.15) is 50.7 Å². The lowest BCUT2D eigenvalue weighted by Crippen LogP contribution is -2.43. The summed E-state index contributed by atoms with van der Waals surface area (Å²) < 4.78 is 5.07. The maximum Gasteiger partial charge on any atom is 0.321 e. The molecule has 0 aliphatic carbocycles. The van der Waals surface area contributed by atoms with Gasteiger partial charge in [-0.25, -0.2) is 4.79 Å². The average molecular weight is 332 g/mol. The van der Waals surface area contributed by atoms with Crippen LogP contribution >= 0.6 is 0 Å². The number of piperidine rings is 1. The molecule has 1 heterocycles. The lowest BCUT2D eigenvalue weighted by molar-refractivity contribution is -0.149. The topological polar surface area (TPSA) is 58.6 Å². The Labute approximate surface area is 144 Å². The third kappa shape index (κ3) is 4.28. The monoisotopic (exact) mass is 332 g/mol. The van der Waals surface area contributed by atoms with Gasteiger partial charge in [0.2, 0.25) is 0 Å². The molecule has 2 amide bonds. The third-order valence-corrected chi connectivity index (χ3v) is 4.56. The largest absolute Gasteiger partial charge is 0.466 e. The molecule has 0 atom stereocenters. The molecule has 0 spiro atoms. The van der Waals surface area contributed by atoms with Crippen LogP contribution in [0.15, 0.2) is 18.2 Å². The summed E-state index contributed by atoms with van der Waals surface area (Å²) >= 11 is 0. The van der Waals surface area contributed by atoms with E-state index in [1.54, 1.807) is 4.90 Å². The molecule has 0 unspecified atom stereocenters. The number of carbonyl (C=O) groups excluding carboxylic acids is 2. The summed E-state index contributed by atoms with van der Waals surface area (Å²) in [7, 11) is 0. The molecule has 0 radical (unpaired) electrons. The Morgan fingerprint density at radius 3 is 2.54 bits per heavy atom. The number of aryl methyl sites for hydroxylation is 1. The molecule has 2 rings (SSSR count). The number of para-hydroxylation sites is 1. The third-order valence-electron chi connectivity index (χ3n) is 4.56. The van der Waals surface area contributed by atoms with Gasteiger partial charge in [0, 0.05) is 18.8 Å². The predicted octanol–water partition coefficient (Wildman–Crippen LogP) is 3.93. The number of nitrogens with zero attached hydrogens (tertiary/aromatic N) is 1. The van der Waals surface area contributed by atoms with Crippen molar-refractivity contribution in [2.24, 2.45) is 5.92 Å². The average Bonchev–Trinajstić information content (AvgIpc) is 2.56. The molecule has 0 bridgehead atoms. The van der Waals surface area contributed by atoms with Crippen LogP contribution in [-0.2, 0) is 9.53 Å². The molecule has 1 saturated heterocycles. The number of likely N-dealkylation sites (tertiary alicyclic amines) is 1. The first kappa shape index (κ1) is 18.3. The molecular weight excluding hydrogens is 304 g/mol. The maximum absolute atomic E-state index is 12.6. The molecule has 5 heteroatoms. The van der Waals surface area contributed by atoms with Crippen molar-refractivity contribution < 1.29 is 14.3 Å². The van der Waals surface area contributed by atoms with E-state index in [9.17, 15) is 9.59 Å². The molecule has 1 fully saturated rings. The molecule has 5 nitrogen and oxygen atoms in total. The zero-order chi connectivity index (χ0) is 17.7. The number of esters is 1. The Morgan fingerprint density at radius 2 is 1.96 bits per heavy atom. The Hall–Kier alpha value is -2.04. The number of urea groups is 1. The normalized spacial score (nSPS) is 15.5. The zero-order valence-corrected chi connectivity index (χ0v) is 15.1. The van der Waals surface area contributed by atoms with Gasteiger partial charge in [-0.1, -0.05) is 32.0 Å². The Morgan fingerprint density at radius 1 is 1.29 bits per heavy atom. The van der Waals surface area contributed by atoms with Crippen molar-refractivity contribution in [2.45, 2.75) is 46.5 Å². The lowest BCUT2D eigenvalue weighted by Gasteiger charge is -2.31. The number of ether oxygens (including phenoxy) is 1. The summed E-state index contributed by atoms with van der Waals surface area (Å²) in [5, 5.41) is 3.07. The van der Waals surface area contributed by atoms with Crippen molar-refractivity contribution in [1.29, 1.82) is 0 Å². The number of benzene rings is 1. The number of hydrogen-bond acceptors (Lipinski definition) is 3. The molecule has 0 saturated carbocycles. The highest BCUT2D eigenvalue weighted by atomic mass is 16.5. The second kappa shape index (κ2) is 8.18. The van der Waals surface area contributed by atoms with Crippen molar-refractivity contribution in [3.8, 4) is 0 Å². The van der Waals surface area contributed by atoms with Crippen LogP contribution in [0, 0.1) is 12.8 Å². The van der Waals surface area contributed by atoms with Gasteiger partial charge < -0.3 is 15.0 Å². The first-order valence-corrected chi connectivity index (χ1v) is 8.76. The summed E-state index contributed by atoms with van der Waals surface area (Å²) in [6.45, 7) is 9.63. The van der Waals surface area contributed by atoms with Crippen LogP contribution in [0.25, 0.3) is 0 Å². The fourth-order valence-corrected chi connectivity index (χ4v) is 3.11. The summed E-state index contributed by atoms with van der Waals surface area (Å²) in [6, 6.07) is 5.99. The Bertz CT molecular complexity index is 590. The highest BCUT2D eigenvalue weighted by Gasteiger charge is 2.28. The second-order valence-corrected chi connectivity index (χ2v) is 6.64. The summed E-state index contributed by atoms with van der Waals surface area (Å²) in [5.41, 5.74) is 3.12. The fraction of sp³-hybridized carbons (Fsp3) is 0.579. The number of anilines is 1.